The molecule has 0 amide bonds. The molecule has 0 aromatic carbocycles. The largest absolute Gasteiger partial charge is 0.328 e. The van der Waals surface area contributed by atoms with Crippen molar-refractivity contribution in [2.24, 2.45) is 11.7 Å². The molecule has 0 aromatic heterocycles. The van der Waals surface area contributed by atoms with Crippen molar-refractivity contribution in [2.75, 3.05) is 0 Å². The second kappa shape index (κ2) is 3.74. The monoisotopic (exact) mass is 208 g/mol. The molecule has 3 aliphatic rings. The van der Waals surface area contributed by atoms with E-state index in [1.165, 1.54) is 44.9 Å². The van der Waals surface area contributed by atoms with Gasteiger partial charge in [-0.2, -0.15) is 0 Å². The number of hydrogen-bond acceptors (Lipinski definition) is 2. The zero-order valence-electron chi connectivity index (χ0n) is 9.86. The van der Waals surface area contributed by atoms with Crippen molar-refractivity contribution in [3.8, 4) is 0 Å². The second-order valence-electron chi connectivity index (χ2n) is 5.88. The van der Waals surface area contributed by atoms with Gasteiger partial charge in [0.25, 0.3) is 0 Å². The van der Waals surface area contributed by atoms with Crippen LogP contribution in [0, 0.1) is 5.92 Å². The quantitative estimate of drug-likeness (QED) is 0.770. The van der Waals surface area contributed by atoms with Gasteiger partial charge in [0.1, 0.15) is 0 Å². The van der Waals surface area contributed by atoms with Gasteiger partial charge in [-0.05, 0) is 50.9 Å². The molecule has 1 aliphatic carbocycles. The Hall–Kier alpha value is -0.0800. The second-order valence-corrected chi connectivity index (χ2v) is 5.88. The highest BCUT2D eigenvalue weighted by molar-refractivity contribution is 5.02. The van der Waals surface area contributed by atoms with Crippen molar-refractivity contribution >= 4 is 0 Å². The maximum atomic E-state index is 6.12. The highest BCUT2D eigenvalue weighted by Gasteiger charge is 2.46. The smallest absolute Gasteiger partial charge is 0.0127 e. The van der Waals surface area contributed by atoms with Gasteiger partial charge < -0.3 is 5.73 Å². The lowest BCUT2D eigenvalue weighted by molar-refractivity contribution is 0.0639. The lowest BCUT2D eigenvalue weighted by Crippen LogP contribution is -2.52. The van der Waals surface area contributed by atoms with Gasteiger partial charge in [0, 0.05) is 24.2 Å². The van der Waals surface area contributed by atoms with Crippen LogP contribution in [0.2, 0.25) is 0 Å². The summed E-state index contributed by atoms with van der Waals surface area (Å²) in [7, 11) is 0. The van der Waals surface area contributed by atoms with Crippen LogP contribution in [0.5, 0.6) is 0 Å². The maximum Gasteiger partial charge on any atom is 0.0127 e. The van der Waals surface area contributed by atoms with Crippen LogP contribution in [0.15, 0.2) is 0 Å². The lowest BCUT2D eigenvalue weighted by Gasteiger charge is -2.43. The fourth-order valence-electron chi connectivity index (χ4n) is 4.07. The molecule has 3 unspecified atom stereocenters. The van der Waals surface area contributed by atoms with Gasteiger partial charge in [0.05, 0.1) is 0 Å². The summed E-state index contributed by atoms with van der Waals surface area (Å²) in [5.41, 5.74) is 6.12. The van der Waals surface area contributed by atoms with Gasteiger partial charge in [-0.25, -0.2) is 0 Å². The number of fused-ring (bicyclic) bond motifs is 2. The summed E-state index contributed by atoms with van der Waals surface area (Å²) in [5.74, 6) is 1.03. The predicted octanol–water partition coefficient (Wildman–Crippen LogP) is 2.13. The third-order valence-corrected chi connectivity index (χ3v) is 4.79. The summed E-state index contributed by atoms with van der Waals surface area (Å²) in [4.78, 5) is 2.88. The van der Waals surface area contributed by atoms with Gasteiger partial charge in [0.2, 0.25) is 0 Å². The van der Waals surface area contributed by atoms with E-state index in [1.54, 1.807) is 0 Å². The number of nitrogens with zero attached hydrogens (tertiary/aromatic N) is 1. The molecule has 2 saturated heterocycles. The molecular formula is C13H24N2. The van der Waals surface area contributed by atoms with Gasteiger partial charge in [-0.15, -0.1) is 0 Å². The van der Waals surface area contributed by atoms with Crippen molar-refractivity contribution in [3.05, 3.63) is 0 Å². The third-order valence-electron chi connectivity index (χ3n) is 4.79. The van der Waals surface area contributed by atoms with E-state index in [-0.39, 0.29) is 0 Å². The number of nitrogens with two attached hydrogens (primary N) is 1. The molecule has 2 heteroatoms. The fourth-order valence-corrected chi connectivity index (χ4v) is 4.07. The Kier molecular flexibility index (Phi) is 2.52. The molecule has 86 valence electrons. The van der Waals surface area contributed by atoms with Crippen molar-refractivity contribution in [1.82, 2.24) is 4.90 Å². The van der Waals surface area contributed by atoms with Gasteiger partial charge in [0.15, 0.2) is 0 Å². The summed E-state index contributed by atoms with van der Waals surface area (Å²) >= 11 is 0. The van der Waals surface area contributed by atoms with E-state index in [1.807, 2.05) is 0 Å². The van der Waals surface area contributed by atoms with Crippen molar-refractivity contribution < 1.29 is 0 Å². The minimum atomic E-state index is 0.496. The van der Waals surface area contributed by atoms with E-state index >= 15 is 0 Å². The molecule has 1 saturated carbocycles. The Bertz CT molecular complexity index is 223. The molecular weight excluding hydrogens is 184 g/mol. The first-order chi connectivity index (χ1) is 7.29. The molecule has 3 atom stereocenters. The van der Waals surface area contributed by atoms with Crippen molar-refractivity contribution in [1.29, 1.82) is 0 Å². The van der Waals surface area contributed by atoms with Gasteiger partial charge in [-0.1, -0.05) is 6.92 Å². The van der Waals surface area contributed by atoms with E-state index in [0.29, 0.717) is 6.04 Å². The number of piperidine rings is 1. The first kappa shape index (κ1) is 10.1. The van der Waals surface area contributed by atoms with E-state index in [4.69, 9.17) is 5.73 Å². The molecule has 2 nitrogen and oxygen atoms in total. The average Bonchev–Trinajstić information content (AvgIpc) is 2.98. The van der Waals surface area contributed by atoms with Gasteiger partial charge in [-0.3, -0.25) is 4.90 Å². The first-order valence-corrected chi connectivity index (χ1v) is 6.82. The summed E-state index contributed by atoms with van der Waals surface area (Å²) in [6, 6.07) is 3.07. The number of rotatable bonds is 3. The zero-order valence-corrected chi connectivity index (χ0v) is 9.86. The van der Waals surface area contributed by atoms with Gasteiger partial charge >= 0.3 is 0 Å². The fraction of sp³-hybridized carbons (Fsp3) is 1.00. The van der Waals surface area contributed by atoms with Crippen LogP contribution in [0.4, 0.5) is 0 Å². The SMILES string of the molecule is CCC(C1CC1)N1C2CCC1CC(N)C2. The number of hydrogen-bond donors (Lipinski definition) is 1. The normalized spacial score (nSPS) is 43.2. The Balaban J connectivity index is 1.75. The molecule has 2 aliphatic heterocycles. The van der Waals surface area contributed by atoms with E-state index in [0.717, 1.165) is 24.0 Å². The summed E-state index contributed by atoms with van der Waals surface area (Å²) < 4.78 is 0. The molecule has 0 spiro atoms. The zero-order chi connectivity index (χ0) is 10.4. The van der Waals surface area contributed by atoms with E-state index < -0.39 is 0 Å². The molecule has 3 fully saturated rings. The van der Waals surface area contributed by atoms with Crippen LogP contribution in [0.3, 0.4) is 0 Å². The van der Waals surface area contributed by atoms with Crippen LogP contribution in [-0.4, -0.2) is 29.1 Å². The molecule has 2 bridgehead atoms. The molecule has 2 N–H and O–H groups in total. The predicted molar refractivity (Wildman–Crippen MR) is 62.7 cm³/mol. The molecule has 15 heavy (non-hydrogen) atoms. The lowest BCUT2D eigenvalue weighted by atomic mass is 9.94. The minimum Gasteiger partial charge on any atom is -0.328 e. The van der Waals surface area contributed by atoms with Crippen LogP contribution in [0.1, 0.15) is 51.9 Å². The Labute approximate surface area is 93.2 Å². The first-order valence-electron chi connectivity index (χ1n) is 6.82. The van der Waals surface area contributed by atoms with Crippen LogP contribution in [-0.2, 0) is 0 Å². The molecule has 0 aromatic rings. The topological polar surface area (TPSA) is 29.3 Å². The summed E-state index contributed by atoms with van der Waals surface area (Å²) in [6.07, 6.45) is 9.69. The van der Waals surface area contributed by atoms with Crippen LogP contribution >= 0.6 is 0 Å². The third kappa shape index (κ3) is 1.72. The summed E-state index contributed by atoms with van der Waals surface area (Å²) in [6.45, 7) is 2.37. The van der Waals surface area contributed by atoms with Crippen LogP contribution < -0.4 is 5.73 Å². The van der Waals surface area contributed by atoms with Crippen LogP contribution in [0.25, 0.3) is 0 Å². The summed E-state index contributed by atoms with van der Waals surface area (Å²) in [5, 5.41) is 0. The van der Waals surface area contributed by atoms with Crippen molar-refractivity contribution in [3.63, 3.8) is 0 Å². The Morgan fingerprint density at radius 2 is 1.73 bits per heavy atom. The molecule has 3 rings (SSSR count). The Morgan fingerprint density at radius 1 is 1.13 bits per heavy atom. The molecule has 0 radical (unpaired) electrons. The standard InChI is InChI=1S/C13H24N2/c1-2-13(9-3-4-9)15-11-5-6-12(15)8-10(14)7-11/h9-13H,2-8,14H2,1H3. The maximum absolute atomic E-state index is 6.12. The highest BCUT2D eigenvalue weighted by atomic mass is 15.3. The Morgan fingerprint density at radius 3 is 2.20 bits per heavy atom. The average molecular weight is 208 g/mol. The molecule has 2 heterocycles. The van der Waals surface area contributed by atoms with E-state index in [2.05, 4.69) is 11.8 Å². The van der Waals surface area contributed by atoms with Crippen molar-refractivity contribution in [2.45, 2.75) is 76.0 Å². The van der Waals surface area contributed by atoms with E-state index in [9.17, 15) is 0 Å². The highest BCUT2D eigenvalue weighted by Crippen LogP contribution is 2.44. The minimum absolute atomic E-state index is 0.496.